The number of fused-ring (bicyclic) bond motifs is 2. The number of benzene rings is 2. The number of ether oxygens (including phenoxy) is 1. The van der Waals surface area contributed by atoms with Gasteiger partial charge < -0.3 is 14.5 Å². The molecular formula is C26H31BrN2O3. The smallest absolute Gasteiger partial charge is 0.257 e. The first-order valence-electron chi connectivity index (χ1n) is 11.7. The second kappa shape index (κ2) is 10.5. The zero-order valence-corrected chi connectivity index (χ0v) is 20.2. The van der Waals surface area contributed by atoms with E-state index in [1.165, 1.54) is 0 Å². The maximum atomic E-state index is 13.7. The topological polar surface area (TPSA) is 49.9 Å². The molecule has 4 rings (SSSR count). The summed E-state index contributed by atoms with van der Waals surface area (Å²) in [5.41, 5.74) is 1.30. The van der Waals surface area contributed by atoms with Gasteiger partial charge in [-0.2, -0.15) is 0 Å². The summed E-state index contributed by atoms with van der Waals surface area (Å²) in [5.74, 6) is 0.700. The molecule has 2 amide bonds. The lowest BCUT2D eigenvalue weighted by molar-refractivity contribution is 0.0258. The highest BCUT2D eigenvalue weighted by Gasteiger charge is 2.36. The van der Waals surface area contributed by atoms with Crippen molar-refractivity contribution in [3.63, 3.8) is 0 Å². The number of carbonyl (C=O) groups is 2. The van der Waals surface area contributed by atoms with Gasteiger partial charge in [0.15, 0.2) is 0 Å². The van der Waals surface area contributed by atoms with Crippen molar-refractivity contribution in [1.29, 1.82) is 0 Å². The summed E-state index contributed by atoms with van der Waals surface area (Å²) in [6.07, 6.45) is 5.52. The largest absolute Gasteiger partial charge is 0.487 e. The standard InChI is InChI=1S/C26H31BrN2O3/c1-2-28-17-9-10-18-29(26(31)19-11-3-5-13-21(19)27)22-14-6-8-16-24(22)32-23-15-7-4-12-20(23)25(28)30/h3-5,7,11-13,15,22,24H,2,6,8-10,14,16-18H2,1H3/t22-,24+/m1/s1. The average Bonchev–Trinajstić information content (AvgIpc) is 2.81. The summed E-state index contributed by atoms with van der Waals surface area (Å²) in [6, 6.07) is 15.2. The van der Waals surface area contributed by atoms with Crippen molar-refractivity contribution in [3.05, 3.63) is 64.1 Å². The van der Waals surface area contributed by atoms with Gasteiger partial charge >= 0.3 is 0 Å². The Hall–Kier alpha value is -2.34. The Morgan fingerprint density at radius 1 is 1.00 bits per heavy atom. The van der Waals surface area contributed by atoms with Gasteiger partial charge in [0.25, 0.3) is 11.8 Å². The van der Waals surface area contributed by atoms with Crippen LogP contribution in [-0.4, -0.2) is 53.4 Å². The Kier molecular flexibility index (Phi) is 7.51. The van der Waals surface area contributed by atoms with Crippen molar-refractivity contribution >= 4 is 27.7 Å². The van der Waals surface area contributed by atoms with Crippen LogP contribution in [0.15, 0.2) is 53.0 Å². The van der Waals surface area contributed by atoms with E-state index < -0.39 is 0 Å². The van der Waals surface area contributed by atoms with Gasteiger partial charge in [0.05, 0.1) is 17.2 Å². The van der Waals surface area contributed by atoms with E-state index in [1.54, 1.807) is 0 Å². The number of para-hydroxylation sites is 1. The number of amides is 2. The first kappa shape index (κ1) is 22.8. The highest BCUT2D eigenvalue weighted by Crippen LogP contribution is 2.32. The summed E-state index contributed by atoms with van der Waals surface area (Å²) in [7, 11) is 0. The molecule has 6 heteroatoms. The van der Waals surface area contributed by atoms with Crippen molar-refractivity contribution in [2.24, 2.45) is 0 Å². The summed E-state index contributed by atoms with van der Waals surface area (Å²) >= 11 is 3.56. The van der Waals surface area contributed by atoms with E-state index in [1.807, 2.05) is 65.3 Å². The molecule has 0 saturated heterocycles. The first-order valence-corrected chi connectivity index (χ1v) is 12.5. The molecule has 2 aromatic carbocycles. The molecule has 0 radical (unpaired) electrons. The molecule has 2 atom stereocenters. The molecule has 170 valence electrons. The molecule has 1 fully saturated rings. The lowest BCUT2D eigenvalue weighted by Crippen LogP contribution is -2.51. The zero-order chi connectivity index (χ0) is 22.5. The number of halogens is 1. The zero-order valence-electron chi connectivity index (χ0n) is 18.6. The van der Waals surface area contributed by atoms with Crippen molar-refractivity contribution in [3.8, 4) is 5.75 Å². The Bertz CT molecular complexity index is 964. The van der Waals surface area contributed by atoms with E-state index in [0.717, 1.165) is 43.0 Å². The van der Waals surface area contributed by atoms with Crippen molar-refractivity contribution in [1.82, 2.24) is 9.80 Å². The number of carbonyl (C=O) groups excluding carboxylic acids is 2. The van der Waals surface area contributed by atoms with Crippen LogP contribution in [0, 0.1) is 0 Å². The minimum atomic E-state index is -0.126. The Balaban J connectivity index is 1.71. The van der Waals surface area contributed by atoms with E-state index in [0.29, 0.717) is 36.5 Å². The van der Waals surface area contributed by atoms with Crippen molar-refractivity contribution in [2.75, 3.05) is 19.6 Å². The molecule has 32 heavy (non-hydrogen) atoms. The third-order valence-corrected chi connectivity index (χ3v) is 7.27. The van der Waals surface area contributed by atoms with Gasteiger partial charge in [-0.15, -0.1) is 0 Å². The number of nitrogens with zero attached hydrogens (tertiary/aromatic N) is 2. The molecule has 0 N–H and O–H groups in total. The summed E-state index contributed by atoms with van der Waals surface area (Å²) < 4.78 is 7.35. The van der Waals surface area contributed by atoms with Gasteiger partial charge in [-0.05, 0) is 79.2 Å². The molecule has 0 aromatic heterocycles. The molecule has 1 aliphatic carbocycles. The molecule has 0 unspecified atom stereocenters. The molecule has 5 nitrogen and oxygen atoms in total. The van der Waals surface area contributed by atoms with Crippen LogP contribution in [0.1, 0.15) is 66.2 Å². The van der Waals surface area contributed by atoms with Crippen LogP contribution >= 0.6 is 15.9 Å². The molecule has 1 saturated carbocycles. The third kappa shape index (κ3) is 4.85. The van der Waals surface area contributed by atoms with Gasteiger partial charge in [0.2, 0.25) is 0 Å². The second-order valence-electron chi connectivity index (χ2n) is 8.57. The highest BCUT2D eigenvalue weighted by atomic mass is 79.9. The maximum absolute atomic E-state index is 13.7. The van der Waals surface area contributed by atoms with E-state index in [9.17, 15) is 9.59 Å². The lowest BCUT2D eigenvalue weighted by Gasteiger charge is -2.41. The SMILES string of the molecule is CCN1CCCCN(C(=O)c2ccccc2Br)[C@@H]2CCCC[C@@H]2Oc2ccccc2C1=O. The van der Waals surface area contributed by atoms with Crippen molar-refractivity contribution in [2.45, 2.75) is 57.6 Å². The van der Waals surface area contributed by atoms with Gasteiger partial charge in [-0.25, -0.2) is 0 Å². The summed E-state index contributed by atoms with van der Waals surface area (Å²) in [4.78, 5) is 30.8. The minimum absolute atomic E-state index is 0.00628. The minimum Gasteiger partial charge on any atom is -0.487 e. The van der Waals surface area contributed by atoms with Crippen LogP contribution in [0.4, 0.5) is 0 Å². The van der Waals surface area contributed by atoms with Gasteiger partial charge in [-0.1, -0.05) is 30.7 Å². The molecule has 2 aliphatic rings. The van der Waals surface area contributed by atoms with E-state index >= 15 is 0 Å². The van der Waals surface area contributed by atoms with Crippen LogP contribution in [0.25, 0.3) is 0 Å². The van der Waals surface area contributed by atoms with Crippen LogP contribution < -0.4 is 4.74 Å². The monoisotopic (exact) mass is 498 g/mol. The normalized spacial score (nSPS) is 22.1. The number of hydrogen-bond acceptors (Lipinski definition) is 3. The van der Waals surface area contributed by atoms with Crippen LogP contribution in [-0.2, 0) is 0 Å². The second-order valence-corrected chi connectivity index (χ2v) is 9.43. The Morgan fingerprint density at radius 3 is 2.53 bits per heavy atom. The van der Waals surface area contributed by atoms with Crippen LogP contribution in [0.3, 0.4) is 0 Å². The van der Waals surface area contributed by atoms with Crippen LogP contribution in [0.2, 0.25) is 0 Å². The fourth-order valence-electron chi connectivity index (χ4n) is 4.85. The molecule has 0 spiro atoms. The van der Waals surface area contributed by atoms with E-state index in [2.05, 4.69) is 15.9 Å². The van der Waals surface area contributed by atoms with Gasteiger partial charge in [0.1, 0.15) is 11.9 Å². The van der Waals surface area contributed by atoms with Crippen LogP contribution in [0.5, 0.6) is 5.75 Å². The Labute approximate surface area is 198 Å². The van der Waals surface area contributed by atoms with Gasteiger partial charge in [0, 0.05) is 24.1 Å². The fraction of sp³-hybridized carbons (Fsp3) is 0.462. The van der Waals surface area contributed by atoms with E-state index in [4.69, 9.17) is 4.74 Å². The predicted molar refractivity (Wildman–Crippen MR) is 129 cm³/mol. The summed E-state index contributed by atoms with van der Waals surface area (Å²) in [5, 5.41) is 0. The number of hydrogen-bond donors (Lipinski definition) is 0. The average molecular weight is 499 g/mol. The fourth-order valence-corrected chi connectivity index (χ4v) is 5.30. The Morgan fingerprint density at radius 2 is 1.72 bits per heavy atom. The van der Waals surface area contributed by atoms with E-state index in [-0.39, 0.29) is 24.0 Å². The molecule has 2 aromatic rings. The predicted octanol–water partition coefficient (Wildman–Crippen LogP) is 5.54. The van der Waals surface area contributed by atoms with Gasteiger partial charge in [-0.3, -0.25) is 9.59 Å². The molecule has 1 heterocycles. The molecule has 1 aliphatic heterocycles. The number of rotatable bonds is 2. The third-order valence-electron chi connectivity index (χ3n) is 6.57. The summed E-state index contributed by atoms with van der Waals surface area (Å²) in [6.45, 7) is 4.00. The molecule has 0 bridgehead atoms. The first-order chi connectivity index (χ1) is 15.6. The quantitative estimate of drug-likeness (QED) is 0.546. The maximum Gasteiger partial charge on any atom is 0.257 e. The lowest BCUT2D eigenvalue weighted by atomic mass is 9.90. The van der Waals surface area contributed by atoms with Crippen molar-refractivity contribution < 1.29 is 14.3 Å². The highest BCUT2D eigenvalue weighted by molar-refractivity contribution is 9.10. The molecular weight excluding hydrogens is 468 g/mol.